The molecule has 6 heteroatoms. The van der Waals surface area contributed by atoms with Crippen molar-refractivity contribution in [1.29, 1.82) is 0 Å². The van der Waals surface area contributed by atoms with Gasteiger partial charge in [0.05, 0.1) is 18.0 Å². The molecule has 0 aliphatic carbocycles. The molecule has 0 aromatic carbocycles. The van der Waals surface area contributed by atoms with Crippen LogP contribution in [-0.2, 0) is 6.54 Å². The highest BCUT2D eigenvalue weighted by Crippen LogP contribution is 2.19. The number of hydrogen-bond donors (Lipinski definition) is 2. The first kappa shape index (κ1) is 17.5. The van der Waals surface area contributed by atoms with Crippen LogP contribution in [0.1, 0.15) is 55.7 Å². The van der Waals surface area contributed by atoms with Crippen molar-refractivity contribution >= 4 is 11.6 Å². The zero-order valence-corrected chi connectivity index (χ0v) is 13.4. The maximum Gasteiger partial charge on any atom is 0.274 e. The van der Waals surface area contributed by atoms with Crippen LogP contribution in [0.15, 0.2) is 0 Å². The van der Waals surface area contributed by atoms with Gasteiger partial charge in [0.25, 0.3) is 5.91 Å². The van der Waals surface area contributed by atoms with Crippen molar-refractivity contribution in [3.63, 3.8) is 0 Å². The van der Waals surface area contributed by atoms with Crippen LogP contribution < -0.4 is 5.73 Å². The van der Waals surface area contributed by atoms with Gasteiger partial charge < -0.3 is 15.7 Å². The molecule has 0 aliphatic heterocycles. The second kappa shape index (κ2) is 8.67. The third-order valence-electron chi connectivity index (χ3n) is 3.61. The number of rotatable bonds is 9. The van der Waals surface area contributed by atoms with E-state index in [-0.39, 0.29) is 12.5 Å². The molecule has 1 aromatic rings. The van der Waals surface area contributed by atoms with Gasteiger partial charge in [-0.15, -0.1) is 0 Å². The fourth-order valence-electron chi connectivity index (χ4n) is 2.36. The molecule has 0 saturated carbocycles. The Bertz CT molecular complexity index is 457. The van der Waals surface area contributed by atoms with E-state index in [0.717, 1.165) is 25.7 Å². The fourth-order valence-corrected chi connectivity index (χ4v) is 2.36. The molecule has 1 aromatic heterocycles. The summed E-state index contributed by atoms with van der Waals surface area (Å²) in [6.45, 7) is 7.42. The van der Waals surface area contributed by atoms with Crippen LogP contribution in [-0.4, -0.2) is 45.4 Å². The maximum atomic E-state index is 12.7. The highest BCUT2D eigenvalue weighted by atomic mass is 16.3. The summed E-state index contributed by atoms with van der Waals surface area (Å²) in [4.78, 5) is 14.4. The highest BCUT2D eigenvalue weighted by Gasteiger charge is 2.23. The number of aliphatic hydroxyl groups is 1. The quantitative estimate of drug-likeness (QED) is 0.681. The van der Waals surface area contributed by atoms with E-state index in [9.17, 15) is 9.90 Å². The number of aryl methyl sites for hydroxylation is 2. The SMILES string of the molecule is CCCCCCN(CCO)C(=O)c1c(N)c(C)nn1CC. The van der Waals surface area contributed by atoms with E-state index in [2.05, 4.69) is 12.0 Å². The number of nitrogens with two attached hydrogens (primary N) is 1. The summed E-state index contributed by atoms with van der Waals surface area (Å²) in [5.41, 5.74) is 7.56. The van der Waals surface area contributed by atoms with E-state index >= 15 is 0 Å². The smallest absolute Gasteiger partial charge is 0.274 e. The Hall–Kier alpha value is -1.56. The molecule has 21 heavy (non-hydrogen) atoms. The first-order chi connectivity index (χ1) is 10.1. The normalized spacial score (nSPS) is 10.9. The number of unbranched alkanes of at least 4 members (excludes halogenated alkanes) is 3. The van der Waals surface area contributed by atoms with Gasteiger partial charge in [0.15, 0.2) is 0 Å². The minimum Gasteiger partial charge on any atom is -0.395 e. The Labute approximate surface area is 126 Å². The topological polar surface area (TPSA) is 84.4 Å². The van der Waals surface area contributed by atoms with Crippen LogP contribution in [0.5, 0.6) is 0 Å². The molecule has 3 N–H and O–H groups in total. The van der Waals surface area contributed by atoms with Gasteiger partial charge in [-0.25, -0.2) is 0 Å². The van der Waals surface area contributed by atoms with Crippen LogP contribution in [0.4, 0.5) is 5.69 Å². The zero-order chi connectivity index (χ0) is 15.8. The van der Waals surface area contributed by atoms with Crippen molar-refractivity contribution < 1.29 is 9.90 Å². The molecule has 1 amide bonds. The van der Waals surface area contributed by atoms with E-state index in [1.165, 1.54) is 0 Å². The second-order valence-corrected chi connectivity index (χ2v) is 5.24. The Balaban J connectivity index is 2.85. The summed E-state index contributed by atoms with van der Waals surface area (Å²) in [5.74, 6) is -0.138. The molecule has 1 heterocycles. The third-order valence-corrected chi connectivity index (χ3v) is 3.61. The largest absolute Gasteiger partial charge is 0.395 e. The molecule has 0 saturated heterocycles. The Kier molecular flexibility index (Phi) is 7.22. The van der Waals surface area contributed by atoms with Gasteiger partial charge in [0.2, 0.25) is 0 Å². The number of carbonyl (C=O) groups excluding carboxylic acids is 1. The van der Waals surface area contributed by atoms with Crippen molar-refractivity contribution in [2.45, 2.75) is 53.0 Å². The molecule has 0 bridgehead atoms. The maximum absolute atomic E-state index is 12.7. The molecular weight excluding hydrogens is 268 g/mol. The van der Waals surface area contributed by atoms with Gasteiger partial charge in [0.1, 0.15) is 5.69 Å². The van der Waals surface area contributed by atoms with Crippen LogP contribution in [0.3, 0.4) is 0 Å². The van der Waals surface area contributed by atoms with Gasteiger partial charge in [0, 0.05) is 19.6 Å². The highest BCUT2D eigenvalue weighted by molar-refractivity contribution is 5.98. The molecule has 0 unspecified atom stereocenters. The standard InChI is InChI=1S/C15H28N4O2/c1-4-6-7-8-9-18(10-11-20)15(21)14-13(16)12(3)17-19(14)5-2/h20H,4-11,16H2,1-3H3. The van der Waals surface area contributed by atoms with Crippen molar-refractivity contribution in [3.8, 4) is 0 Å². The van der Waals surface area contributed by atoms with E-state index < -0.39 is 0 Å². The predicted molar refractivity (Wildman–Crippen MR) is 84.2 cm³/mol. The number of nitrogens with zero attached hydrogens (tertiary/aromatic N) is 3. The molecular formula is C15H28N4O2. The second-order valence-electron chi connectivity index (χ2n) is 5.24. The van der Waals surface area contributed by atoms with Crippen molar-refractivity contribution in [2.24, 2.45) is 0 Å². The van der Waals surface area contributed by atoms with E-state index in [4.69, 9.17) is 5.73 Å². The number of anilines is 1. The average Bonchev–Trinajstić information content (AvgIpc) is 2.77. The number of amides is 1. The third kappa shape index (κ3) is 4.46. The first-order valence-electron chi connectivity index (χ1n) is 7.79. The number of nitrogen functional groups attached to an aromatic ring is 1. The predicted octanol–water partition coefficient (Wildman–Crippen LogP) is 1.81. The van der Waals surface area contributed by atoms with Gasteiger partial charge in [-0.1, -0.05) is 26.2 Å². The summed E-state index contributed by atoms with van der Waals surface area (Å²) in [6, 6.07) is 0. The van der Waals surface area contributed by atoms with Crippen LogP contribution in [0.25, 0.3) is 0 Å². The Morgan fingerprint density at radius 2 is 2.00 bits per heavy atom. The van der Waals surface area contributed by atoms with E-state index in [1.54, 1.807) is 16.5 Å². The van der Waals surface area contributed by atoms with Gasteiger partial charge in [-0.05, 0) is 20.3 Å². The first-order valence-corrected chi connectivity index (χ1v) is 7.79. The molecule has 1 rings (SSSR count). The van der Waals surface area contributed by atoms with Crippen molar-refractivity contribution in [2.75, 3.05) is 25.4 Å². The van der Waals surface area contributed by atoms with Gasteiger partial charge in [-0.2, -0.15) is 5.10 Å². The molecule has 0 atom stereocenters. The lowest BCUT2D eigenvalue weighted by atomic mass is 10.2. The number of carbonyl (C=O) groups is 1. The van der Waals surface area contributed by atoms with Crippen molar-refractivity contribution in [3.05, 3.63) is 11.4 Å². The number of aliphatic hydroxyl groups excluding tert-OH is 1. The summed E-state index contributed by atoms with van der Waals surface area (Å²) in [6.07, 6.45) is 4.35. The lowest BCUT2D eigenvalue weighted by molar-refractivity contribution is 0.0707. The van der Waals surface area contributed by atoms with Crippen LogP contribution in [0.2, 0.25) is 0 Å². The van der Waals surface area contributed by atoms with Crippen LogP contribution >= 0.6 is 0 Å². The lowest BCUT2D eigenvalue weighted by Gasteiger charge is -2.22. The van der Waals surface area contributed by atoms with Crippen molar-refractivity contribution in [1.82, 2.24) is 14.7 Å². The summed E-state index contributed by atoms with van der Waals surface area (Å²) >= 11 is 0. The lowest BCUT2D eigenvalue weighted by Crippen LogP contribution is -2.36. The minimum absolute atomic E-state index is 0.0430. The number of hydrogen-bond acceptors (Lipinski definition) is 4. The zero-order valence-electron chi connectivity index (χ0n) is 13.4. The molecule has 120 valence electrons. The Morgan fingerprint density at radius 1 is 1.29 bits per heavy atom. The van der Waals surface area contributed by atoms with Gasteiger partial charge in [-0.3, -0.25) is 9.48 Å². The fraction of sp³-hybridized carbons (Fsp3) is 0.733. The van der Waals surface area contributed by atoms with E-state index in [0.29, 0.717) is 36.7 Å². The number of aromatic nitrogens is 2. The molecule has 0 spiro atoms. The molecule has 0 radical (unpaired) electrons. The Morgan fingerprint density at radius 3 is 2.57 bits per heavy atom. The van der Waals surface area contributed by atoms with Gasteiger partial charge >= 0.3 is 0 Å². The molecule has 6 nitrogen and oxygen atoms in total. The van der Waals surface area contributed by atoms with E-state index in [1.807, 2.05) is 6.92 Å². The minimum atomic E-state index is -0.138. The summed E-state index contributed by atoms with van der Waals surface area (Å²) < 4.78 is 1.64. The summed E-state index contributed by atoms with van der Waals surface area (Å²) in [5, 5.41) is 13.5. The van der Waals surface area contributed by atoms with Crippen LogP contribution in [0, 0.1) is 6.92 Å². The summed E-state index contributed by atoms with van der Waals surface area (Å²) in [7, 11) is 0. The average molecular weight is 296 g/mol. The monoisotopic (exact) mass is 296 g/mol. The molecule has 0 fully saturated rings. The molecule has 0 aliphatic rings.